The zero-order valence-corrected chi connectivity index (χ0v) is 68.2. The van der Waals surface area contributed by atoms with Crippen molar-refractivity contribution in [3.63, 3.8) is 0 Å². The Morgan fingerprint density at radius 2 is 0.736 bits per heavy atom. The van der Waals surface area contributed by atoms with Gasteiger partial charge < -0.3 is 72.8 Å². The van der Waals surface area contributed by atoms with Crippen LogP contribution in [0.2, 0.25) is 0 Å². The maximum atomic E-state index is 13.6. The lowest BCUT2D eigenvalue weighted by atomic mass is 10.2. The summed E-state index contributed by atoms with van der Waals surface area (Å²) < 4.78 is 124. The molecule has 0 radical (unpaired) electrons. The Labute approximate surface area is 713 Å². The Bertz CT molecular complexity index is 5520. The van der Waals surface area contributed by atoms with Crippen LogP contribution in [0.3, 0.4) is 0 Å². The van der Waals surface area contributed by atoms with E-state index in [0.29, 0.717) is 216 Å². The fraction of sp³-hybridized carbons (Fsp3) is 0.337. The van der Waals surface area contributed by atoms with E-state index < -0.39 is 12.2 Å². The molecule has 10 heterocycles. The fourth-order valence-corrected chi connectivity index (χ4v) is 13.8. The van der Waals surface area contributed by atoms with Crippen LogP contribution in [0, 0.1) is 34.9 Å². The number of aromatic nitrogens is 15. The molecular weight excluding hydrogens is 1630 g/mol. The van der Waals surface area contributed by atoms with E-state index in [1.807, 2.05) is 11.8 Å². The summed E-state index contributed by atoms with van der Waals surface area (Å²) in [6.45, 7) is 10.6. The number of carbonyl (C=O) groups is 3. The van der Waals surface area contributed by atoms with Gasteiger partial charge in [0.2, 0.25) is 35.4 Å². The predicted molar refractivity (Wildman–Crippen MR) is 442 cm³/mol. The molecule has 0 bridgehead atoms. The zero-order chi connectivity index (χ0) is 87.1. The van der Waals surface area contributed by atoms with Crippen molar-refractivity contribution in [3.8, 4) is 86.0 Å². The third-order valence-corrected chi connectivity index (χ3v) is 20.3. The molecule has 0 saturated carbocycles. The third kappa shape index (κ3) is 23.9. The standard InChI is InChI=1S/C30H33F2N7O5.C28H27F2N7O4.C28H29F2N7O3/c31-24-5-1-22(2-6-24)29-35-30(23-3-7-25(32)8-4-23)39(36-29)20-28(41)38-11-9-37(10-12-38)26-19-27(34-21-33-26)44-18-17-43-16-15-42-14-13-40;29-20-5-1-18(2-6-20)27-33-28(19-3-7-21(30)8-4-19)37(34-27)14-26(39)36-11-9-35(10-12-36)24-13-25(32-17-31-24)41-23-16-40-15-22(23)38;1-19(17-39-2)40-25-15-24(31-18-32-25)35-11-13-36(14-12-35)26(38)16-37-28(21-5-9-23(30)10-6-21)33-27(34-37)20-3-7-22(29)8-4-20/h1-8,19,21,40H,9-18,20H2;1-8,13,17,22-23,38H,9-12,14-16H2;3-10,15,18-19H,11-14,16-17H2,1-2H3/t;22-,23+;19-/m.11/s1. The molecule has 33 nitrogen and oxygen atoms in total. The van der Waals surface area contributed by atoms with E-state index in [1.54, 1.807) is 113 Å². The quantitative estimate of drug-likeness (QED) is 0.0317. The first kappa shape index (κ1) is 87.9. The average Bonchev–Trinajstić information content (AvgIpc) is 1.67. The highest BCUT2D eigenvalue weighted by Gasteiger charge is 2.32. The monoisotopic (exact) mass is 1720 g/mol. The number of anilines is 3. The van der Waals surface area contributed by atoms with Gasteiger partial charge in [-0.15, -0.1) is 15.3 Å². The number of rotatable bonds is 30. The smallest absolute Gasteiger partial charge is 0.244 e. The number of amides is 3. The molecule has 6 aromatic heterocycles. The van der Waals surface area contributed by atoms with Crippen molar-refractivity contribution in [2.45, 2.75) is 44.9 Å². The SMILES string of the molecule is COC[C@@H](C)Oc1cc(N2CCN(C(=O)Cn3nc(-c4ccc(F)cc4)nc3-c3ccc(F)cc3)CC2)ncn1.O=C(Cn1nc(-c2ccc(F)cc2)nc1-c1ccc(F)cc1)N1CCN(c2cc(OCCOCCOCCO)ncn2)CC1.O=C(Cn1nc(-c2ccc(F)cc2)nc1-c1ccc(F)cc1)N1CCN(c2cc(O[C@H]3COC[C@H]3O)ncn2)CC1. The van der Waals surface area contributed by atoms with Gasteiger partial charge in [0.05, 0.1) is 52.9 Å². The van der Waals surface area contributed by atoms with Gasteiger partial charge in [0.1, 0.15) is 110 Å². The second-order valence-electron chi connectivity index (χ2n) is 29.0. The number of carbonyl (C=O) groups excluding carboxylic acids is 3. The number of hydrogen-bond donors (Lipinski definition) is 2. The maximum absolute atomic E-state index is 13.6. The molecule has 39 heteroatoms. The second-order valence-corrected chi connectivity index (χ2v) is 29.0. The Hall–Kier alpha value is -13.5. The van der Waals surface area contributed by atoms with Crippen molar-refractivity contribution in [3.05, 3.63) is 218 Å². The van der Waals surface area contributed by atoms with E-state index in [0.717, 1.165) is 5.82 Å². The highest BCUT2D eigenvalue weighted by molar-refractivity contribution is 5.79. The molecule has 0 aliphatic carbocycles. The average molecular weight is 1720 g/mol. The van der Waals surface area contributed by atoms with Crippen LogP contribution in [-0.2, 0) is 53.0 Å². The summed E-state index contributed by atoms with van der Waals surface area (Å²) in [6.07, 6.45) is 2.97. The number of piperazine rings is 3. The largest absolute Gasteiger partial charge is 0.475 e. The molecule has 4 saturated heterocycles. The normalized spacial score (nSPS) is 15.5. The van der Waals surface area contributed by atoms with E-state index in [1.165, 1.54) is 106 Å². The molecule has 6 aromatic carbocycles. The molecule has 3 atom stereocenters. The summed E-state index contributed by atoms with van der Waals surface area (Å²) in [5.74, 6) is 2.85. The van der Waals surface area contributed by atoms with Gasteiger partial charge in [0.25, 0.3) is 0 Å². The number of ether oxygens (including phenoxy) is 7. The van der Waals surface area contributed by atoms with Crippen LogP contribution in [0.4, 0.5) is 43.8 Å². The van der Waals surface area contributed by atoms with Crippen LogP contribution in [0.15, 0.2) is 183 Å². The molecule has 4 fully saturated rings. The van der Waals surface area contributed by atoms with Crippen molar-refractivity contribution in [1.82, 2.24) is 88.9 Å². The van der Waals surface area contributed by atoms with Gasteiger partial charge in [-0.2, -0.15) is 0 Å². The molecule has 4 aliphatic rings. The van der Waals surface area contributed by atoms with Crippen LogP contribution >= 0.6 is 0 Å². The van der Waals surface area contributed by atoms with Crippen LogP contribution in [0.5, 0.6) is 17.6 Å². The Balaban J connectivity index is 0.000000153. The second kappa shape index (κ2) is 42.6. The third-order valence-electron chi connectivity index (χ3n) is 20.3. The van der Waals surface area contributed by atoms with E-state index in [2.05, 4.69) is 70.0 Å². The molecule has 3 amide bonds. The summed E-state index contributed by atoms with van der Waals surface area (Å²) >= 11 is 0. The molecule has 652 valence electrons. The number of halogens is 6. The van der Waals surface area contributed by atoms with Crippen LogP contribution in [-0.4, -0.2) is 280 Å². The van der Waals surface area contributed by atoms with Gasteiger partial charge >= 0.3 is 0 Å². The van der Waals surface area contributed by atoms with E-state index in [-0.39, 0.29) is 98.2 Å². The molecular formula is C86H89F6N21O12. The van der Waals surface area contributed by atoms with Crippen LogP contribution < -0.4 is 28.9 Å². The molecule has 125 heavy (non-hydrogen) atoms. The molecule has 2 N–H and O–H groups in total. The van der Waals surface area contributed by atoms with E-state index in [9.17, 15) is 45.8 Å². The summed E-state index contributed by atoms with van der Waals surface area (Å²) in [5.41, 5.74) is 3.61. The molecule has 0 spiro atoms. The Kier molecular flexibility index (Phi) is 29.9. The zero-order valence-electron chi connectivity index (χ0n) is 68.2. The number of benzene rings is 6. The topological polar surface area (TPSA) is 345 Å². The molecule has 12 aromatic rings. The summed E-state index contributed by atoms with van der Waals surface area (Å²) in [5, 5.41) is 32.3. The van der Waals surface area contributed by atoms with Gasteiger partial charge in [-0.25, -0.2) is 85.2 Å². The summed E-state index contributed by atoms with van der Waals surface area (Å²) in [4.78, 5) is 90.8. The van der Waals surface area contributed by atoms with Crippen molar-refractivity contribution in [2.24, 2.45) is 0 Å². The number of aliphatic hydroxyl groups is 2. The van der Waals surface area contributed by atoms with Crippen molar-refractivity contribution < 1.29 is 84.1 Å². The first-order valence-electron chi connectivity index (χ1n) is 40.2. The summed E-state index contributed by atoms with van der Waals surface area (Å²) in [7, 11) is 1.61. The minimum atomic E-state index is -0.705. The maximum Gasteiger partial charge on any atom is 0.244 e. The lowest BCUT2D eigenvalue weighted by molar-refractivity contribution is -0.133. The lowest BCUT2D eigenvalue weighted by Crippen LogP contribution is -2.50. The molecule has 4 aliphatic heterocycles. The van der Waals surface area contributed by atoms with Crippen molar-refractivity contribution in [2.75, 3.05) is 160 Å². The van der Waals surface area contributed by atoms with Crippen molar-refractivity contribution >= 4 is 35.2 Å². The van der Waals surface area contributed by atoms with Crippen LogP contribution in [0.25, 0.3) is 68.3 Å². The fourth-order valence-electron chi connectivity index (χ4n) is 13.8. The highest BCUT2D eigenvalue weighted by atomic mass is 19.1. The van der Waals surface area contributed by atoms with Gasteiger partial charge in [0, 0.05) is 137 Å². The van der Waals surface area contributed by atoms with Gasteiger partial charge in [-0.1, -0.05) is 0 Å². The van der Waals surface area contributed by atoms with Crippen molar-refractivity contribution in [1.29, 1.82) is 0 Å². The van der Waals surface area contributed by atoms with Gasteiger partial charge in [0.15, 0.2) is 41.1 Å². The lowest BCUT2D eigenvalue weighted by Gasteiger charge is -2.35. The number of methoxy groups -OCH3 is 1. The van der Waals surface area contributed by atoms with Gasteiger partial charge in [-0.05, 0) is 153 Å². The minimum Gasteiger partial charge on any atom is -0.475 e. The Morgan fingerprint density at radius 1 is 0.416 bits per heavy atom. The first-order valence-corrected chi connectivity index (χ1v) is 40.2. The minimum absolute atomic E-state index is 0.0198. The van der Waals surface area contributed by atoms with E-state index in [4.69, 9.17) is 38.3 Å². The Morgan fingerprint density at radius 3 is 1.08 bits per heavy atom. The first-order chi connectivity index (χ1) is 60.8. The molecule has 16 rings (SSSR count). The van der Waals surface area contributed by atoms with E-state index >= 15 is 0 Å². The highest BCUT2D eigenvalue weighted by Crippen LogP contribution is 2.30. The van der Waals surface area contributed by atoms with Gasteiger partial charge in [-0.3, -0.25) is 14.4 Å². The molecule has 0 unspecified atom stereocenters. The summed E-state index contributed by atoms with van der Waals surface area (Å²) in [6, 6.07) is 40.0. The number of hydrogen-bond acceptors (Lipinski definition) is 27. The number of aliphatic hydroxyl groups excluding tert-OH is 2. The number of nitrogens with zero attached hydrogens (tertiary/aromatic N) is 21. The predicted octanol–water partition coefficient (Wildman–Crippen LogP) is 8.04. The van der Waals surface area contributed by atoms with Crippen LogP contribution in [0.1, 0.15) is 6.92 Å².